The molecule has 2 rings (SSSR count). The van der Waals surface area contributed by atoms with Gasteiger partial charge in [0.15, 0.2) is 0 Å². The highest BCUT2D eigenvalue weighted by Gasteiger charge is 2.30. The number of hydrogen-bond acceptors (Lipinski definition) is 2. The Balaban J connectivity index is 2.25. The van der Waals surface area contributed by atoms with Gasteiger partial charge in [-0.15, -0.1) is 0 Å². The van der Waals surface area contributed by atoms with Crippen molar-refractivity contribution in [2.24, 2.45) is 0 Å². The molecule has 2 heteroatoms. The highest BCUT2D eigenvalue weighted by atomic mass is 16.5. The fourth-order valence-electron chi connectivity index (χ4n) is 1.95. The Labute approximate surface area is 85.3 Å². The largest absolute Gasteiger partial charge is 0.488 e. The Morgan fingerprint density at radius 1 is 1.29 bits per heavy atom. The van der Waals surface area contributed by atoms with E-state index in [1.165, 1.54) is 5.56 Å². The molecule has 0 spiro atoms. The summed E-state index contributed by atoms with van der Waals surface area (Å²) in [5.74, 6) is 1.03. The van der Waals surface area contributed by atoms with Crippen LogP contribution in [0.1, 0.15) is 32.4 Å². The quantitative estimate of drug-likeness (QED) is 0.775. The van der Waals surface area contributed by atoms with Gasteiger partial charge in [0.05, 0.1) is 6.04 Å². The fourth-order valence-corrected chi connectivity index (χ4v) is 1.95. The normalized spacial score (nSPS) is 24.9. The number of nitrogens with one attached hydrogen (secondary N) is 1. The van der Waals surface area contributed by atoms with Crippen molar-refractivity contribution >= 4 is 0 Å². The van der Waals surface area contributed by atoms with E-state index in [9.17, 15) is 0 Å². The van der Waals surface area contributed by atoms with Crippen LogP contribution in [0.3, 0.4) is 0 Å². The molecule has 0 saturated heterocycles. The van der Waals surface area contributed by atoms with Crippen LogP contribution in [0.2, 0.25) is 0 Å². The van der Waals surface area contributed by atoms with Gasteiger partial charge in [0.25, 0.3) is 0 Å². The van der Waals surface area contributed by atoms with E-state index >= 15 is 0 Å². The van der Waals surface area contributed by atoms with E-state index in [2.05, 4.69) is 38.2 Å². The highest BCUT2D eigenvalue weighted by Crippen LogP contribution is 2.36. The van der Waals surface area contributed by atoms with Crippen molar-refractivity contribution in [2.75, 3.05) is 0 Å². The molecule has 1 aromatic carbocycles. The molecule has 0 saturated carbocycles. The van der Waals surface area contributed by atoms with Crippen LogP contribution in [-0.2, 0) is 0 Å². The van der Waals surface area contributed by atoms with E-state index in [0.29, 0.717) is 12.1 Å². The standard InChI is InChI=1S/C12H17NO/c1-8(2)13-12-9(3)14-11-7-5-4-6-10(11)12/h4-9,12-13H,1-3H3. The van der Waals surface area contributed by atoms with Crippen molar-refractivity contribution in [3.05, 3.63) is 29.8 Å². The Morgan fingerprint density at radius 2 is 2.00 bits per heavy atom. The molecule has 0 aromatic heterocycles. The molecule has 1 N–H and O–H groups in total. The topological polar surface area (TPSA) is 21.3 Å². The molecule has 0 amide bonds. The van der Waals surface area contributed by atoms with Gasteiger partial charge < -0.3 is 10.1 Å². The molecule has 76 valence electrons. The van der Waals surface area contributed by atoms with Gasteiger partial charge in [0.1, 0.15) is 11.9 Å². The minimum Gasteiger partial charge on any atom is -0.488 e. The van der Waals surface area contributed by atoms with Gasteiger partial charge in [-0.2, -0.15) is 0 Å². The maximum absolute atomic E-state index is 5.76. The number of benzene rings is 1. The predicted octanol–water partition coefficient (Wildman–Crippen LogP) is 2.51. The second-order valence-electron chi connectivity index (χ2n) is 4.16. The summed E-state index contributed by atoms with van der Waals surface area (Å²) in [4.78, 5) is 0. The lowest BCUT2D eigenvalue weighted by molar-refractivity contribution is 0.204. The van der Waals surface area contributed by atoms with Gasteiger partial charge in [-0.05, 0) is 13.0 Å². The lowest BCUT2D eigenvalue weighted by Crippen LogP contribution is -2.33. The summed E-state index contributed by atoms with van der Waals surface area (Å²) in [7, 11) is 0. The predicted molar refractivity (Wildman–Crippen MR) is 57.5 cm³/mol. The van der Waals surface area contributed by atoms with Gasteiger partial charge >= 0.3 is 0 Å². The summed E-state index contributed by atoms with van der Waals surface area (Å²) in [6.45, 7) is 6.43. The third-order valence-corrected chi connectivity index (χ3v) is 2.55. The number of hydrogen-bond donors (Lipinski definition) is 1. The van der Waals surface area contributed by atoms with Gasteiger partial charge in [-0.1, -0.05) is 32.0 Å². The number of ether oxygens (including phenoxy) is 1. The molecule has 1 heterocycles. The van der Waals surface area contributed by atoms with E-state index in [1.807, 2.05) is 12.1 Å². The molecule has 1 aliphatic heterocycles. The van der Waals surface area contributed by atoms with Crippen molar-refractivity contribution in [3.8, 4) is 5.75 Å². The Kier molecular flexibility index (Phi) is 2.46. The zero-order valence-corrected chi connectivity index (χ0v) is 8.95. The van der Waals surface area contributed by atoms with Gasteiger partial charge in [0.2, 0.25) is 0 Å². The second-order valence-corrected chi connectivity index (χ2v) is 4.16. The van der Waals surface area contributed by atoms with Crippen molar-refractivity contribution < 1.29 is 4.74 Å². The maximum Gasteiger partial charge on any atom is 0.124 e. The van der Waals surface area contributed by atoms with Gasteiger partial charge in [-0.3, -0.25) is 0 Å². The van der Waals surface area contributed by atoms with E-state index in [4.69, 9.17) is 4.74 Å². The number of rotatable bonds is 2. The van der Waals surface area contributed by atoms with Crippen LogP contribution in [0.15, 0.2) is 24.3 Å². The summed E-state index contributed by atoms with van der Waals surface area (Å²) < 4.78 is 5.76. The van der Waals surface area contributed by atoms with Crippen LogP contribution in [-0.4, -0.2) is 12.1 Å². The monoisotopic (exact) mass is 191 g/mol. The van der Waals surface area contributed by atoms with Crippen LogP contribution in [0, 0.1) is 0 Å². The van der Waals surface area contributed by atoms with Crippen LogP contribution >= 0.6 is 0 Å². The lowest BCUT2D eigenvalue weighted by Gasteiger charge is -2.19. The minimum absolute atomic E-state index is 0.231. The van der Waals surface area contributed by atoms with Crippen molar-refractivity contribution in [1.29, 1.82) is 0 Å². The lowest BCUT2D eigenvalue weighted by atomic mass is 10.0. The first-order valence-corrected chi connectivity index (χ1v) is 5.20. The van der Waals surface area contributed by atoms with Crippen molar-refractivity contribution in [1.82, 2.24) is 5.32 Å². The molecule has 1 aromatic rings. The van der Waals surface area contributed by atoms with E-state index in [0.717, 1.165) is 5.75 Å². The van der Waals surface area contributed by atoms with E-state index in [-0.39, 0.29) is 6.10 Å². The highest BCUT2D eigenvalue weighted by molar-refractivity contribution is 5.40. The molecule has 2 atom stereocenters. The summed E-state index contributed by atoms with van der Waals surface area (Å²) >= 11 is 0. The average molecular weight is 191 g/mol. The number of fused-ring (bicyclic) bond motifs is 1. The summed E-state index contributed by atoms with van der Waals surface area (Å²) in [5, 5.41) is 3.52. The maximum atomic E-state index is 5.76. The zero-order chi connectivity index (χ0) is 10.1. The zero-order valence-electron chi connectivity index (χ0n) is 8.95. The molecule has 0 bridgehead atoms. The Hall–Kier alpha value is -1.02. The molecule has 1 aliphatic rings. The van der Waals surface area contributed by atoms with E-state index < -0.39 is 0 Å². The van der Waals surface area contributed by atoms with Gasteiger partial charge in [-0.25, -0.2) is 0 Å². The molecule has 2 nitrogen and oxygen atoms in total. The summed E-state index contributed by atoms with van der Waals surface area (Å²) in [6.07, 6.45) is 0.231. The molecule has 0 radical (unpaired) electrons. The van der Waals surface area contributed by atoms with E-state index in [1.54, 1.807) is 0 Å². The fraction of sp³-hybridized carbons (Fsp3) is 0.500. The molecule has 0 fully saturated rings. The Bertz CT molecular complexity index is 322. The Morgan fingerprint density at radius 3 is 2.71 bits per heavy atom. The first-order valence-electron chi connectivity index (χ1n) is 5.20. The number of para-hydroxylation sites is 1. The third kappa shape index (κ3) is 1.62. The summed E-state index contributed by atoms with van der Waals surface area (Å²) in [6, 6.07) is 9.08. The first kappa shape index (κ1) is 9.53. The second kappa shape index (κ2) is 3.62. The SMILES string of the molecule is CC(C)NC1c2ccccc2OC1C. The first-order chi connectivity index (χ1) is 6.68. The van der Waals surface area contributed by atoms with Crippen LogP contribution < -0.4 is 10.1 Å². The van der Waals surface area contributed by atoms with Crippen LogP contribution in [0.25, 0.3) is 0 Å². The smallest absolute Gasteiger partial charge is 0.124 e. The minimum atomic E-state index is 0.231. The summed E-state index contributed by atoms with van der Waals surface area (Å²) in [5.41, 5.74) is 1.29. The molecule has 2 unspecified atom stereocenters. The van der Waals surface area contributed by atoms with Crippen LogP contribution in [0.5, 0.6) is 5.75 Å². The molecule has 14 heavy (non-hydrogen) atoms. The molecular formula is C12H17NO. The van der Waals surface area contributed by atoms with Gasteiger partial charge in [0, 0.05) is 11.6 Å². The third-order valence-electron chi connectivity index (χ3n) is 2.55. The van der Waals surface area contributed by atoms with Crippen LogP contribution in [0.4, 0.5) is 0 Å². The van der Waals surface area contributed by atoms with Crippen molar-refractivity contribution in [3.63, 3.8) is 0 Å². The van der Waals surface area contributed by atoms with Crippen molar-refractivity contribution in [2.45, 2.75) is 39.0 Å². The molecule has 0 aliphatic carbocycles. The average Bonchev–Trinajstić information content (AvgIpc) is 2.43. The molecular weight excluding hydrogens is 174 g/mol.